The number of hydrogen-bond acceptors (Lipinski definition) is 7. The van der Waals surface area contributed by atoms with Gasteiger partial charge in [-0.15, -0.1) is 0 Å². The maximum atomic E-state index is 11.2. The first-order valence-corrected chi connectivity index (χ1v) is 18.9. The van der Waals surface area contributed by atoms with Crippen LogP contribution in [0.25, 0.3) is 22.5 Å². The van der Waals surface area contributed by atoms with Crippen molar-refractivity contribution in [2.24, 2.45) is 11.8 Å². The highest BCUT2D eigenvalue weighted by Gasteiger charge is 2.27. The van der Waals surface area contributed by atoms with Crippen LogP contribution >= 0.6 is 0 Å². The molecular formula is C42H61N3O4. The van der Waals surface area contributed by atoms with E-state index in [1.54, 1.807) is 0 Å². The van der Waals surface area contributed by atoms with Gasteiger partial charge in [0, 0.05) is 24.2 Å². The van der Waals surface area contributed by atoms with Crippen molar-refractivity contribution in [3.05, 3.63) is 76.6 Å². The first-order valence-electron chi connectivity index (χ1n) is 18.9. The minimum Gasteiger partial charge on any atom is -0.511 e. The Bertz CT molecular complexity index is 1480. The molecular weight excluding hydrogens is 610 g/mol. The fourth-order valence-electron chi connectivity index (χ4n) is 6.63. The van der Waals surface area contributed by atoms with Crippen molar-refractivity contribution in [2.45, 2.75) is 131 Å². The molecule has 0 aliphatic heterocycles. The average Bonchev–Trinajstić information content (AvgIpc) is 3.08. The second kappa shape index (κ2) is 19.9. The predicted octanol–water partition coefficient (Wildman–Crippen LogP) is 10.1. The van der Waals surface area contributed by atoms with Crippen LogP contribution in [0, 0.1) is 25.7 Å². The molecule has 0 spiro atoms. The summed E-state index contributed by atoms with van der Waals surface area (Å²) < 4.78 is 11.7. The van der Waals surface area contributed by atoms with Crippen LogP contribution in [0.15, 0.2) is 53.8 Å². The predicted molar refractivity (Wildman–Crippen MR) is 201 cm³/mol. The number of nitrogens with zero attached hydrogens (tertiary/aromatic N) is 3. The number of unbranched alkanes of at least 4 members (excludes halogenated alkanes) is 10. The topological polar surface area (TPSA) is 97.6 Å². The molecule has 0 radical (unpaired) electrons. The van der Waals surface area contributed by atoms with Crippen molar-refractivity contribution in [3.63, 3.8) is 0 Å². The van der Waals surface area contributed by atoms with E-state index < -0.39 is 6.10 Å². The van der Waals surface area contributed by atoms with Crippen LogP contribution < -0.4 is 0 Å². The molecule has 0 saturated heterocycles. The minimum atomic E-state index is -0.717. The van der Waals surface area contributed by atoms with E-state index in [0.717, 1.165) is 23.1 Å². The molecule has 2 N–H and O–H groups in total. The van der Waals surface area contributed by atoms with Gasteiger partial charge >= 0.3 is 0 Å². The first kappa shape index (κ1) is 38.7. The molecule has 2 aliphatic carbocycles. The van der Waals surface area contributed by atoms with Gasteiger partial charge in [0.15, 0.2) is 17.5 Å². The number of aliphatic hydroxyl groups is 2. The summed E-state index contributed by atoms with van der Waals surface area (Å²) in [7, 11) is 0. The molecule has 0 fully saturated rings. The fraction of sp³-hybridized carbons (Fsp3) is 0.595. The molecule has 49 heavy (non-hydrogen) atoms. The lowest BCUT2D eigenvalue weighted by atomic mass is 9.80. The molecule has 2 aromatic rings. The summed E-state index contributed by atoms with van der Waals surface area (Å²) in [5, 5.41) is 21.7. The quantitative estimate of drug-likeness (QED) is 0.135. The van der Waals surface area contributed by atoms with Gasteiger partial charge in [0.1, 0.15) is 11.9 Å². The molecule has 0 bridgehead atoms. The monoisotopic (exact) mass is 671 g/mol. The highest BCUT2D eigenvalue weighted by molar-refractivity contribution is 5.76. The second-order valence-corrected chi connectivity index (χ2v) is 14.3. The van der Waals surface area contributed by atoms with Gasteiger partial charge in [0.05, 0.1) is 24.9 Å². The van der Waals surface area contributed by atoms with Crippen LogP contribution in [-0.2, 0) is 9.47 Å². The summed E-state index contributed by atoms with van der Waals surface area (Å²) in [6.45, 7) is 14.1. The van der Waals surface area contributed by atoms with Gasteiger partial charge in [-0.05, 0) is 50.7 Å². The SMILES string of the molecule is CCCCCCCCCCCCCOCC(O)COC1C=CC(c2nc(C3=CC=C(C)C(C)C3C)nc(-c3ccc(C)cc3C)n2)=C(O)C1. The largest absolute Gasteiger partial charge is 0.511 e. The molecule has 0 amide bonds. The second-order valence-electron chi connectivity index (χ2n) is 14.3. The van der Waals surface area contributed by atoms with E-state index in [1.165, 1.54) is 75.3 Å². The normalized spacial score (nSPS) is 20.0. The number of aromatic nitrogens is 3. The average molecular weight is 672 g/mol. The Morgan fingerprint density at radius 2 is 1.45 bits per heavy atom. The highest BCUT2D eigenvalue weighted by Crippen LogP contribution is 2.37. The molecule has 268 valence electrons. The maximum Gasteiger partial charge on any atom is 0.167 e. The van der Waals surface area contributed by atoms with Gasteiger partial charge in [-0.25, -0.2) is 15.0 Å². The van der Waals surface area contributed by atoms with E-state index >= 15 is 0 Å². The summed E-state index contributed by atoms with van der Waals surface area (Å²) >= 11 is 0. The van der Waals surface area contributed by atoms with E-state index in [4.69, 9.17) is 24.4 Å². The highest BCUT2D eigenvalue weighted by atomic mass is 16.5. The van der Waals surface area contributed by atoms with E-state index in [0.29, 0.717) is 35.6 Å². The van der Waals surface area contributed by atoms with Crippen LogP contribution in [0.1, 0.15) is 128 Å². The summed E-state index contributed by atoms with van der Waals surface area (Å²) in [5.74, 6) is 2.43. The summed E-state index contributed by atoms with van der Waals surface area (Å²) in [6, 6.07) is 6.26. The molecule has 7 heteroatoms. The van der Waals surface area contributed by atoms with Crippen LogP contribution in [0.4, 0.5) is 0 Å². The molecule has 1 aromatic heterocycles. The van der Waals surface area contributed by atoms with Crippen molar-refractivity contribution in [1.29, 1.82) is 0 Å². The Morgan fingerprint density at radius 1 is 0.796 bits per heavy atom. The zero-order valence-corrected chi connectivity index (χ0v) is 31.0. The van der Waals surface area contributed by atoms with E-state index in [9.17, 15) is 10.2 Å². The Morgan fingerprint density at radius 3 is 2.12 bits per heavy atom. The third-order valence-electron chi connectivity index (χ3n) is 10.1. The molecule has 2 aliphatic rings. The van der Waals surface area contributed by atoms with Crippen LogP contribution in [0.5, 0.6) is 0 Å². The number of aliphatic hydroxyl groups excluding tert-OH is 2. The van der Waals surface area contributed by atoms with E-state index in [-0.39, 0.29) is 37.4 Å². The van der Waals surface area contributed by atoms with Gasteiger partial charge < -0.3 is 19.7 Å². The number of benzene rings is 1. The molecule has 1 aromatic carbocycles. The van der Waals surface area contributed by atoms with Crippen LogP contribution in [-0.4, -0.2) is 57.2 Å². The molecule has 4 unspecified atom stereocenters. The summed E-state index contributed by atoms with van der Waals surface area (Å²) in [4.78, 5) is 14.8. The summed E-state index contributed by atoms with van der Waals surface area (Å²) in [5.41, 5.74) is 6.17. The van der Waals surface area contributed by atoms with Gasteiger partial charge in [0.25, 0.3) is 0 Å². The van der Waals surface area contributed by atoms with Crippen LogP contribution in [0.2, 0.25) is 0 Å². The van der Waals surface area contributed by atoms with Gasteiger partial charge in [-0.3, -0.25) is 0 Å². The van der Waals surface area contributed by atoms with E-state index in [2.05, 4.69) is 71.9 Å². The van der Waals surface area contributed by atoms with Crippen molar-refractivity contribution in [3.8, 4) is 11.4 Å². The lowest BCUT2D eigenvalue weighted by Crippen LogP contribution is -2.26. The molecule has 0 saturated carbocycles. The maximum absolute atomic E-state index is 11.2. The lowest BCUT2D eigenvalue weighted by Gasteiger charge is -2.27. The Hall–Kier alpha value is -3.13. The zero-order valence-electron chi connectivity index (χ0n) is 31.0. The molecule has 4 atom stereocenters. The molecule has 4 rings (SSSR count). The number of rotatable bonds is 20. The third-order valence-corrected chi connectivity index (χ3v) is 10.1. The molecule has 1 heterocycles. The van der Waals surface area contributed by atoms with Crippen molar-refractivity contribution in [1.82, 2.24) is 15.0 Å². The standard InChI is InChI=1S/C42H61N3O4/c1-7-8-9-10-11-12-13-14-15-16-17-24-48-27-34(46)28-49-35-20-23-38(39(47)26-35)42-44-40(36-21-18-29(2)25-31(36)4)43-41(45-42)37-22-19-30(3)32(5)33(37)6/h18-23,25,32-35,46-47H,7-17,24,26-28H2,1-6H3. The number of hydrogen-bond donors (Lipinski definition) is 2. The zero-order chi connectivity index (χ0) is 35.2. The van der Waals surface area contributed by atoms with Gasteiger partial charge in [0.2, 0.25) is 0 Å². The third kappa shape index (κ3) is 11.7. The van der Waals surface area contributed by atoms with Crippen LogP contribution in [0.3, 0.4) is 0 Å². The van der Waals surface area contributed by atoms with Crippen molar-refractivity contribution in [2.75, 3.05) is 19.8 Å². The van der Waals surface area contributed by atoms with Gasteiger partial charge in [-0.2, -0.15) is 0 Å². The Kier molecular flexibility index (Phi) is 15.7. The molecule has 7 nitrogen and oxygen atoms in total. The first-order chi connectivity index (χ1) is 23.7. The number of aryl methyl sites for hydroxylation is 2. The van der Waals surface area contributed by atoms with Gasteiger partial charge in [-0.1, -0.05) is 133 Å². The minimum absolute atomic E-state index is 0.139. The van der Waals surface area contributed by atoms with E-state index in [1.807, 2.05) is 12.2 Å². The number of allylic oxidation sites excluding steroid dienone is 6. The smallest absolute Gasteiger partial charge is 0.167 e. The number of ether oxygens (including phenoxy) is 2. The lowest BCUT2D eigenvalue weighted by molar-refractivity contribution is -0.0352. The fourth-order valence-corrected chi connectivity index (χ4v) is 6.63. The Balaban J connectivity index is 1.29. The Labute approximate surface area is 295 Å². The van der Waals surface area contributed by atoms with Crippen molar-refractivity contribution >= 4 is 11.1 Å². The van der Waals surface area contributed by atoms with Crippen molar-refractivity contribution < 1.29 is 19.7 Å². The summed E-state index contributed by atoms with van der Waals surface area (Å²) in [6.07, 6.45) is 21.5.